The van der Waals surface area contributed by atoms with Crippen LogP contribution in [0.1, 0.15) is 33.6 Å². The topological polar surface area (TPSA) is 29.6 Å². The number of rotatable bonds is 6. The first-order valence-corrected chi connectivity index (χ1v) is 9.48. The fourth-order valence-electron chi connectivity index (χ4n) is 2.82. The minimum atomic E-state index is -0.982. The lowest BCUT2D eigenvalue weighted by Gasteiger charge is -2.04. The van der Waals surface area contributed by atoms with Crippen LogP contribution in [0.15, 0.2) is 59.0 Å². The van der Waals surface area contributed by atoms with Crippen LogP contribution in [0.4, 0.5) is 0 Å². The van der Waals surface area contributed by atoms with Gasteiger partial charge in [0.2, 0.25) is 0 Å². The van der Waals surface area contributed by atoms with Gasteiger partial charge in [-0.15, -0.1) is 0 Å². The molecule has 0 aromatic heterocycles. The van der Waals surface area contributed by atoms with Crippen LogP contribution >= 0.6 is 0 Å². The Hall–Kier alpha value is -1.45. The number of epoxide rings is 1. The molecule has 3 rings (SSSR count). The lowest BCUT2D eigenvalue weighted by molar-refractivity contribution is 0.320. The third kappa shape index (κ3) is 4.10. The summed E-state index contributed by atoms with van der Waals surface area (Å²) < 4.78 is 18.1. The summed E-state index contributed by atoms with van der Waals surface area (Å²) in [5, 5.41) is 2.33. The van der Waals surface area contributed by atoms with Crippen molar-refractivity contribution in [1.82, 2.24) is 0 Å². The smallest absolute Gasteiger partial charge is 0.0892 e. The highest BCUT2D eigenvalue weighted by Gasteiger charge is 2.46. The van der Waals surface area contributed by atoms with Crippen LogP contribution < -0.4 is 0 Å². The van der Waals surface area contributed by atoms with E-state index in [0.717, 1.165) is 23.1 Å². The lowest BCUT2D eigenvalue weighted by atomic mass is 10.0. The van der Waals surface area contributed by atoms with E-state index in [-0.39, 0.29) is 5.60 Å². The number of hydrogen-bond donors (Lipinski definition) is 0. The summed E-state index contributed by atoms with van der Waals surface area (Å²) in [6.07, 6.45) is 4.57. The molecule has 2 nitrogen and oxygen atoms in total. The summed E-state index contributed by atoms with van der Waals surface area (Å²) in [6.45, 7) is 6.38. The first kappa shape index (κ1) is 16.4. The largest absolute Gasteiger partial charge is 0.367 e. The number of hydrogen-bond acceptors (Lipinski definition) is 2. The van der Waals surface area contributed by atoms with Gasteiger partial charge in [0.15, 0.2) is 0 Å². The average molecular weight is 328 g/mol. The molecule has 3 heteroatoms. The Kier molecular flexibility index (Phi) is 4.69. The van der Waals surface area contributed by atoms with Crippen molar-refractivity contribution in [3.63, 3.8) is 0 Å². The highest BCUT2D eigenvalue weighted by atomic mass is 32.2. The first-order chi connectivity index (χ1) is 11.0. The molecule has 0 N–H and O–H groups in total. The summed E-state index contributed by atoms with van der Waals surface area (Å²) >= 11 is 0. The lowest BCUT2D eigenvalue weighted by Crippen LogP contribution is -2.03. The molecule has 0 radical (unpaired) electrons. The molecule has 0 saturated carbocycles. The van der Waals surface area contributed by atoms with Gasteiger partial charge in [-0.2, -0.15) is 0 Å². The van der Waals surface area contributed by atoms with Crippen LogP contribution in [0, 0.1) is 0 Å². The summed E-state index contributed by atoms with van der Waals surface area (Å²) in [6, 6.07) is 14.2. The van der Waals surface area contributed by atoms with E-state index in [1.54, 1.807) is 0 Å². The summed E-state index contributed by atoms with van der Waals surface area (Å²) in [5.41, 5.74) is 1.36. The molecule has 0 aliphatic carbocycles. The van der Waals surface area contributed by atoms with Gasteiger partial charge >= 0.3 is 0 Å². The number of ether oxygens (including phenoxy) is 1. The third-order valence-corrected chi connectivity index (χ3v) is 5.78. The van der Waals surface area contributed by atoms with E-state index in [0.29, 0.717) is 11.9 Å². The molecule has 0 spiro atoms. The molecule has 1 saturated heterocycles. The van der Waals surface area contributed by atoms with Crippen molar-refractivity contribution in [2.75, 3.05) is 5.75 Å². The third-order valence-electron chi connectivity index (χ3n) is 4.53. The van der Waals surface area contributed by atoms with E-state index in [2.05, 4.69) is 39.0 Å². The van der Waals surface area contributed by atoms with Gasteiger partial charge in [-0.1, -0.05) is 42.0 Å². The van der Waals surface area contributed by atoms with Crippen LogP contribution in [0.2, 0.25) is 0 Å². The molecule has 1 aliphatic heterocycles. The molecule has 122 valence electrons. The average Bonchev–Trinajstić information content (AvgIpc) is 3.17. The first-order valence-electron chi connectivity index (χ1n) is 8.16. The minimum Gasteiger partial charge on any atom is -0.367 e. The fraction of sp³-hybridized carbons (Fsp3) is 0.400. The molecule has 1 heterocycles. The number of benzene rings is 2. The molecule has 2 aromatic rings. The molecule has 2 unspecified atom stereocenters. The molecule has 2 aromatic carbocycles. The van der Waals surface area contributed by atoms with Crippen molar-refractivity contribution >= 4 is 21.6 Å². The highest BCUT2D eigenvalue weighted by molar-refractivity contribution is 7.85. The van der Waals surface area contributed by atoms with E-state index in [1.807, 2.05) is 30.3 Å². The second-order valence-electron chi connectivity index (χ2n) is 6.82. The Morgan fingerprint density at radius 2 is 1.91 bits per heavy atom. The zero-order chi connectivity index (χ0) is 16.4. The Balaban J connectivity index is 1.58. The van der Waals surface area contributed by atoms with Crippen molar-refractivity contribution in [1.29, 1.82) is 0 Å². The van der Waals surface area contributed by atoms with Gasteiger partial charge in [-0.3, -0.25) is 4.21 Å². The molecule has 0 bridgehead atoms. The van der Waals surface area contributed by atoms with Crippen molar-refractivity contribution < 1.29 is 8.95 Å². The maximum Gasteiger partial charge on any atom is 0.0892 e. The molecule has 23 heavy (non-hydrogen) atoms. The molecule has 2 atom stereocenters. The summed E-state index contributed by atoms with van der Waals surface area (Å²) in [4.78, 5) is 0.902. The minimum absolute atomic E-state index is 0.0637. The van der Waals surface area contributed by atoms with E-state index >= 15 is 0 Å². The van der Waals surface area contributed by atoms with Gasteiger partial charge in [-0.05, 0) is 56.5 Å². The van der Waals surface area contributed by atoms with Gasteiger partial charge < -0.3 is 4.74 Å². The fourth-order valence-corrected chi connectivity index (χ4v) is 3.93. The van der Waals surface area contributed by atoms with Gasteiger partial charge in [0.05, 0.1) is 22.5 Å². The van der Waals surface area contributed by atoms with Gasteiger partial charge in [0.25, 0.3) is 0 Å². The van der Waals surface area contributed by atoms with E-state index in [9.17, 15) is 4.21 Å². The van der Waals surface area contributed by atoms with E-state index < -0.39 is 10.8 Å². The molecule has 1 aliphatic rings. The normalized spacial score (nSPS) is 21.3. The van der Waals surface area contributed by atoms with Crippen LogP contribution in [0.5, 0.6) is 0 Å². The van der Waals surface area contributed by atoms with E-state index in [4.69, 9.17) is 4.74 Å². The number of fused-ring (bicyclic) bond motifs is 1. The van der Waals surface area contributed by atoms with Gasteiger partial charge in [-0.25, -0.2) is 0 Å². The Labute approximate surface area is 141 Å². The predicted molar refractivity (Wildman–Crippen MR) is 97.2 cm³/mol. The summed E-state index contributed by atoms with van der Waals surface area (Å²) in [7, 11) is -0.982. The van der Waals surface area contributed by atoms with Gasteiger partial charge in [0, 0.05) is 10.6 Å². The maximum absolute atomic E-state index is 12.5. The molecule has 1 fully saturated rings. The van der Waals surface area contributed by atoms with Gasteiger partial charge in [0.1, 0.15) is 0 Å². The second-order valence-corrected chi connectivity index (χ2v) is 8.32. The van der Waals surface area contributed by atoms with E-state index in [1.165, 1.54) is 11.0 Å². The Bertz CT molecular complexity index is 761. The molecular formula is C20H24O2S. The monoisotopic (exact) mass is 328 g/mol. The van der Waals surface area contributed by atoms with Crippen LogP contribution in [-0.2, 0) is 15.5 Å². The predicted octanol–water partition coefficient (Wildman–Crippen LogP) is 4.85. The second kappa shape index (κ2) is 6.58. The standard InChI is InChI=1S/C20H24O2S/c1-15(8-11-19-20(2,3)22-19)12-13-23(21)18-10-9-16-6-4-5-7-17(16)14-18/h4-7,9-10,12,14,19H,8,11,13H2,1-3H3. The van der Waals surface area contributed by atoms with Crippen LogP contribution in [0.3, 0.4) is 0 Å². The SMILES string of the molecule is CC(=CCS(=O)c1ccc2ccccc2c1)CCC1OC1(C)C. The number of allylic oxidation sites excluding steroid dienone is 1. The van der Waals surface area contributed by atoms with Crippen molar-refractivity contribution in [3.05, 3.63) is 54.1 Å². The summed E-state index contributed by atoms with van der Waals surface area (Å²) in [5.74, 6) is 0.582. The van der Waals surface area contributed by atoms with Crippen molar-refractivity contribution in [3.8, 4) is 0 Å². The van der Waals surface area contributed by atoms with Crippen molar-refractivity contribution in [2.45, 2.75) is 50.2 Å². The Morgan fingerprint density at radius 3 is 2.61 bits per heavy atom. The zero-order valence-electron chi connectivity index (χ0n) is 14.0. The molecular weight excluding hydrogens is 304 g/mol. The van der Waals surface area contributed by atoms with Crippen molar-refractivity contribution in [2.24, 2.45) is 0 Å². The maximum atomic E-state index is 12.5. The highest BCUT2D eigenvalue weighted by Crippen LogP contribution is 2.38. The van der Waals surface area contributed by atoms with Crippen LogP contribution in [-0.4, -0.2) is 21.7 Å². The quantitative estimate of drug-likeness (QED) is 0.560. The Morgan fingerprint density at radius 1 is 1.22 bits per heavy atom. The van der Waals surface area contributed by atoms with Crippen LogP contribution in [0.25, 0.3) is 10.8 Å². The molecule has 0 amide bonds. The zero-order valence-corrected chi connectivity index (χ0v) is 14.9.